The van der Waals surface area contributed by atoms with Crippen LogP contribution in [0, 0.1) is 0 Å². The van der Waals surface area contributed by atoms with Gasteiger partial charge in [-0.25, -0.2) is 4.79 Å². The number of Topliss-reactive ketones (excluding diaryl/α,β-unsaturated/α-hetero) is 1. The highest BCUT2D eigenvalue weighted by Gasteiger charge is 2.40. The first-order valence-electron chi connectivity index (χ1n) is 9.64. The average molecular weight is 385 g/mol. The first-order chi connectivity index (χ1) is 13.5. The molecule has 1 aromatic carbocycles. The van der Waals surface area contributed by atoms with Gasteiger partial charge in [0.25, 0.3) is 0 Å². The predicted molar refractivity (Wildman–Crippen MR) is 105 cm³/mol. The molecule has 0 unspecified atom stereocenters. The molecule has 1 atom stereocenters. The van der Waals surface area contributed by atoms with Gasteiger partial charge in [-0.2, -0.15) is 0 Å². The minimum Gasteiger partial charge on any atom is -0.497 e. The van der Waals surface area contributed by atoms with Gasteiger partial charge in [0.05, 0.1) is 32.3 Å². The largest absolute Gasteiger partial charge is 0.497 e. The average Bonchev–Trinajstić information content (AvgIpc) is 2.70. The zero-order valence-corrected chi connectivity index (χ0v) is 16.9. The Kier molecular flexibility index (Phi) is 6.07. The van der Waals surface area contributed by atoms with E-state index in [1.54, 1.807) is 20.3 Å². The monoisotopic (exact) mass is 385 g/mol. The molecule has 0 spiro atoms. The van der Waals surface area contributed by atoms with E-state index in [-0.39, 0.29) is 5.78 Å². The highest BCUT2D eigenvalue weighted by molar-refractivity contribution is 6.04. The number of nitrogens with one attached hydrogen (secondary N) is 1. The van der Waals surface area contributed by atoms with Gasteiger partial charge in [-0.05, 0) is 32.3 Å². The number of hydrogen-bond donors (Lipinski definition) is 1. The van der Waals surface area contributed by atoms with Crippen LogP contribution in [-0.2, 0) is 14.3 Å². The number of benzene rings is 1. The molecule has 0 fully saturated rings. The first-order valence-corrected chi connectivity index (χ1v) is 9.64. The third-order valence-electron chi connectivity index (χ3n) is 5.18. The minimum atomic E-state index is -0.519. The number of ketones is 1. The first kappa shape index (κ1) is 20.0. The molecular weight excluding hydrogens is 358 g/mol. The highest BCUT2D eigenvalue weighted by atomic mass is 16.5. The molecule has 1 aliphatic heterocycles. The number of carbonyl (C=O) groups is 2. The van der Waals surface area contributed by atoms with Crippen molar-refractivity contribution in [2.45, 2.75) is 45.4 Å². The number of hydrogen-bond acceptors (Lipinski definition) is 6. The maximum Gasteiger partial charge on any atom is 0.336 e. The molecule has 0 radical (unpaired) electrons. The van der Waals surface area contributed by atoms with Gasteiger partial charge >= 0.3 is 5.97 Å². The molecule has 1 heterocycles. The van der Waals surface area contributed by atoms with Crippen molar-refractivity contribution in [2.24, 2.45) is 0 Å². The van der Waals surface area contributed by atoms with Crippen molar-refractivity contribution in [1.82, 2.24) is 5.32 Å². The molecule has 0 saturated heterocycles. The molecule has 0 amide bonds. The van der Waals surface area contributed by atoms with E-state index in [4.69, 9.17) is 14.2 Å². The Morgan fingerprint density at radius 1 is 1.21 bits per heavy atom. The Bertz CT molecular complexity index is 852. The lowest BCUT2D eigenvalue weighted by molar-refractivity contribution is -0.139. The molecule has 150 valence electrons. The maximum atomic E-state index is 12.9. The second-order valence-corrected chi connectivity index (χ2v) is 7.01. The van der Waals surface area contributed by atoms with Gasteiger partial charge < -0.3 is 19.5 Å². The molecule has 2 aliphatic rings. The molecule has 1 aliphatic carbocycles. The fourth-order valence-corrected chi connectivity index (χ4v) is 3.89. The maximum absolute atomic E-state index is 12.9. The number of allylic oxidation sites excluding steroid dienone is 3. The highest BCUT2D eigenvalue weighted by Crippen LogP contribution is 2.45. The molecule has 6 heteroatoms. The van der Waals surface area contributed by atoms with Gasteiger partial charge in [-0.3, -0.25) is 4.79 Å². The van der Waals surface area contributed by atoms with Crippen LogP contribution in [0.2, 0.25) is 0 Å². The summed E-state index contributed by atoms with van der Waals surface area (Å²) in [6.07, 6.45) is 2.80. The van der Waals surface area contributed by atoms with E-state index in [9.17, 15) is 9.59 Å². The van der Waals surface area contributed by atoms with Crippen LogP contribution in [0.5, 0.6) is 11.5 Å². The van der Waals surface area contributed by atoms with Crippen molar-refractivity contribution in [3.05, 3.63) is 46.3 Å². The smallest absolute Gasteiger partial charge is 0.336 e. The van der Waals surface area contributed by atoms with Gasteiger partial charge in [-0.1, -0.05) is 13.0 Å². The van der Waals surface area contributed by atoms with Gasteiger partial charge in [0.2, 0.25) is 0 Å². The Morgan fingerprint density at radius 3 is 2.68 bits per heavy atom. The van der Waals surface area contributed by atoms with Crippen LogP contribution < -0.4 is 14.8 Å². The minimum absolute atomic E-state index is 0.0601. The zero-order chi connectivity index (χ0) is 20.3. The normalized spacial score (nSPS) is 19.1. The summed E-state index contributed by atoms with van der Waals surface area (Å²) in [5.74, 6) is 0.360. The van der Waals surface area contributed by atoms with Crippen LogP contribution in [0.15, 0.2) is 40.7 Å². The molecule has 0 aromatic heterocycles. The summed E-state index contributed by atoms with van der Waals surface area (Å²) in [5.41, 5.74) is 3.48. The molecular formula is C22H27NO5. The zero-order valence-electron chi connectivity index (χ0n) is 16.9. The standard InChI is InChI=1S/C22H27NO5/c1-5-11-28-22(25)19-13(2)23-16-7-6-8-17(24)21(16)20(19)15-10-9-14(26-3)12-18(15)27-4/h9-10,12,20,23H,5-8,11H2,1-4H3/t20-/m0/s1. The molecule has 0 bridgehead atoms. The summed E-state index contributed by atoms with van der Waals surface area (Å²) in [5, 5.41) is 3.29. The van der Waals surface area contributed by atoms with Crippen molar-refractivity contribution in [3.8, 4) is 11.5 Å². The third-order valence-corrected chi connectivity index (χ3v) is 5.18. The molecule has 6 nitrogen and oxygen atoms in total. The molecule has 3 rings (SSSR count). The predicted octanol–water partition coefficient (Wildman–Crippen LogP) is 3.62. The number of ether oxygens (including phenoxy) is 3. The number of esters is 1. The Labute approximate surface area is 165 Å². The van der Waals surface area contributed by atoms with Gasteiger partial charge in [-0.15, -0.1) is 0 Å². The van der Waals surface area contributed by atoms with Gasteiger partial charge in [0, 0.05) is 35.0 Å². The van der Waals surface area contributed by atoms with E-state index in [1.807, 2.05) is 26.0 Å². The molecule has 0 saturated carbocycles. The van der Waals surface area contributed by atoms with Crippen LogP contribution >= 0.6 is 0 Å². The van der Waals surface area contributed by atoms with E-state index in [1.165, 1.54) is 0 Å². The Balaban J connectivity index is 2.17. The Hall–Kier alpha value is -2.76. The summed E-state index contributed by atoms with van der Waals surface area (Å²) in [6, 6.07) is 5.45. The van der Waals surface area contributed by atoms with Crippen LogP contribution in [0.25, 0.3) is 0 Å². The quantitative estimate of drug-likeness (QED) is 0.754. The van der Waals surface area contributed by atoms with E-state index < -0.39 is 11.9 Å². The lowest BCUT2D eigenvalue weighted by Gasteiger charge is -2.34. The van der Waals surface area contributed by atoms with Crippen LogP contribution in [0.4, 0.5) is 0 Å². The van der Waals surface area contributed by atoms with Crippen LogP contribution in [-0.4, -0.2) is 32.6 Å². The fraction of sp³-hybridized carbons (Fsp3) is 0.455. The third kappa shape index (κ3) is 3.63. The van der Waals surface area contributed by atoms with E-state index >= 15 is 0 Å². The lowest BCUT2D eigenvalue weighted by atomic mass is 9.75. The van der Waals surface area contributed by atoms with Gasteiger partial charge in [0.15, 0.2) is 5.78 Å². The molecule has 28 heavy (non-hydrogen) atoms. The topological polar surface area (TPSA) is 73.9 Å². The SMILES string of the molecule is CCCOC(=O)C1=C(C)NC2=C(C(=O)CCC2)[C@H]1c1ccc(OC)cc1OC. The number of rotatable bonds is 6. The number of carbonyl (C=O) groups excluding carboxylic acids is 2. The van der Waals surface area contributed by atoms with Crippen LogP contribution in [0.1, 0.15) is 51.0 Å². The van der Waals surface area contributed by atoms with E-state index in [0.717, 1.165) is 36.2 Å². The summed E-state index contributed by atoms with van der Waals surface area (Å²) in [4.78, 5) is 25.8. The number of dihydropyridines is 1. The number of methoxy groups -OCH3 is 2. The Morgan fingerprint density at radius 2 is 2.00 bits per heavy atom. The molecule has 1 N–H and O–H groups in total. The van der Waals surface area contributed by atoms with Crippen LogP contribution in [0.3, 0.4) is 0 Å². The summed E-state index contributed by atoms with van der Waals surface area (Å²) >= 11 is 0. The van der Waals surface area contributed by atoms with Crippen molar-refractivity contribution in [3.63, 3.8) is 0 Å². The van der Waals surface area contributed by atoms with E-state index in [2.05, 4.69) is 5.32 Å². The van der Waals surface area contributed by atoms with E-state index in [0.29, 0.717) is 35.7 Å². The second kappa shape index (κ2) is 8.50. The lowest BCUT2D eigenvalue weighted by Crippen LogP contribution is -2.34. The van der Waals surface area contributed by atoms with Gasteiger partial charge in [0.1, 0.15) is 11.5 Å². The van der Waals surface area contributed by atoms with Crippen molar-refractivity contribution < 1.29 is 23.8 Å². The van der Waals surface area contributed by atoms with Crippen molar-refractivity contribution in [1.29, 1.82) is 0 Å². The fourth-order valence-electron chi connectivity index (χ4n) is 3.89. The summed E-state index contributed by atoms with van der Waals surface area (Å²) in [6.45, 7) is 4.14. The summed E-state index contributed by atoms with van der Waals surface area (Å²) in [7, 11) is 3.16. The second-order valence-electron chi connectivity index (χ2n) is 7.01. The van der Waals surface area contributed by atoms with Crippen molar-refractivity contribution in [2.75, 3.05) is 20.8 Å². The summed E-state index contributed by atoms with van der Waals surface area (Å²) < 4.78 is 16.3. The van der Waals surface area contributed by atoms with Crippen molar-refractivity contribution >= 4 is 11.8 Å². The molecule has 1 aromatic rings.